The minimum absolute atomic E-state index is 0.0483. The van der Waals surface area contributed by atoms with Crippen LogP contribution >= 0.6 is 0 Å². The fraction of sp³-hybridized carbons (Fsp3) is 0.0667. The van der Waals surface area contributed by atoms with Crippen LogP contribution in [0.5, 0.6) is 5.75 Å². The molecule has 0 aliphatic heterocycles. The molecule has 0 saturated carbocycles. The second-order valence-electron chi connectivity index (χ2n) is 4.26. The van der Waals surface area contributed by atoms with Gasteiger partial charge in [-0.15, -0.1) is 0 Å². The summed E-state index contributed by atoms with van der Waals surface area (Å²) in [6.07, 6.45) is 1.25. The Hall–Kier alpha value is -2.82. The molecule has 0 heterocycles. The van der Waals surface area contributed by atoms with Crippen molar-refractivity contribution in [2.75, 3.05) is 0 Å². The zero-order valence-electron chi connectivity index (χ0n) is 10.8. The van der Waals surface area contributed by atoms with Gasteiger partial charge >= 0.3 is 5.97 Å². The number of carbonyl (C=O) groups excluding carboxylic acids is 1. The second-order valence-corrected chi connectivity index (χ2v) is 4.26. The number of carbonyl (C=O) groups is 2. The highest BCUT2D eigenvalue weighted by Gasteiger charge is 2.12. The number of aromatic hydroxyl groups is 1. The van der Waals surface area contributed by atoms with E-state index in [-0.39, 0.29) is 11.4 Å². The third kappa shape index (κ3) is 2.77. The van der Waals surface area contributed by atoms with Crippen LogP contribution in [0.4, 0.5) is 0 Å². The average molecular weight is 271 g/mol. The number of benzene rings is 2. The van der Waals surface area contributed by atoms with Crippen LogP contribution in [-0.4, -0.2) is 22.1 Å². The van der Waals surface area contributed by atoms with Crippen LogP contribution in [-0.2, 0) is 9.59 Å². The Morgan fingerprint density at radius 2 is 1.85 bits per heavy atom. The van der Waals surface area contributed by atoms with Crippen LogP contribution in [0.2, 0.25) is 0 Å². The van der Waals surface area contributed by atoms with Gasteiger partial charge in [0.05, 0.1) is 0 Å². The molecule has 0 saturated heterocycles. The first kappa shape index (κ1) is 13.6. The molecule has 2 rings (SSSR count). The quantitative estimate of drug-likeness (QED) is 0.746. The summed E-state index contributed by atoms with van der Waals surface area (Å²) in [5.74, 6) is -1.81. The van der Waals surface area contributed by atoms with E-state index < -0.39 is 11.9 Å². The monoisotopic (exact) mass is 271 g/mol. The van der Waals surface area contributed by atoms with Gasteiger partial charge in [-0.25, -0.2) is 4.79 Å². The highest BCUT2D eigenvalue weighted by Crippen LogP contribution is 2.28. The van der Waals surface area contributed by atoms with Gasteiger partial charge in [0.15, 0.2) is 0 Å². The molecule has 1 amide bonds. The molecule has 0 unspecified atom stereocenters. The summed E-state index contributed by atoms with van der Waals surface area (Å²) >= 11 is 0. The van der Waals surface area contributed by atoms with Crippen LogP contribution < -0.4 is 5.32 Å². The van der Waals surface area contributed by atoms with Crippen LogP contribution in [0.3, 0.4) is 0 Å². The van der Waals surface area contributed by atoms with Gasteiger partial charge in [-0.05, 0) is 22.9 Å². The van der Waals surface area contributed by atoms with E-state index in [1.807, 2.05) is 12.1 Å². The van der Waals surface area contributed by atoms with Crippen molar-refractivity contribution in [3.63, 3.8) is 0 Å². The first-order valence-electron chi connectivity index (χ1n) is 5.92. The molecule has 0 radical (unpaired) electrons. The predicted molar refractivity (Wildman–Crippen MR) is 75.0 cm³/mol. The van der Waals surface area contributed by atoms with E-state index in [1.165, 1.54) is 19.1 Å². The lowest BCUT2D eigenvalue weighted by molar-refractivity contribution is -0.134. The number of hydrogen-bond donors (Lipinski definition) is 3. The van der Waals surface area contributed by atoms with Crippen LogP contribution in [0.15, 0.2) is 42.1 Å². The summed E-state index contributed by atoms with van der Waals surface area (Å²) in [6.45, 7) is 1.22. The summed E-state index contributed by atoms with van der Waals surface area (Å²) in [4.78, 5) is 22.1. The van der Waals surface area contributed by atoms with E-state index in [4.69, 9.17) is 5.11 Å². The fourth-order valence-corrected chi connectivity index (χ4v) is 1.92. The van der Waals surface area contributed by atoms with E-state index in [9.17, 15) is 14.7 Å². The van der Waals surface area contributed by atoms with Crippen molar-refractivity contribution in [1.29, 1.82) is 0 Å². The molecule has 5 nitrogen and oxygen atoms in total. The maximum Gasteiger partial charge on any atom is 0.352 e. The van der Waals surface area contributed by atoms with Crippen LogP contribution in [0.25, 0.3) is 16.8 Å². The smallest absolute Gasteiger partial charge is 0.352 e. The molecule has 5 heteroatoms. The number of carboxylic acid groups (broad SMARTS) is 1. The zero-order valence-corrected chi connectivity index (χ0v) is 10.8. The van der Waals surface area contributed by atoms with Crippen molar-refractivity contribution in [3.8, 4) is 5.75 Å². The molecule has 0 fully saturated rings. The number of rotatable bonds is 3. The van der Waals surface area contributed by atoms with Gasteiger partial charge in [-0.1, -0.05) is 30.3 Å². The van der Waals surface area contributed by atoms with E-state index in [2.05, 4.69) is 5.32 Å². The first-order valence-corrected chi connectivity index (χ1v) is 5.92. The van der Waals surface area contributed by atoms with E-state index >= 15 is 0 Å². The number of hydrogen-bond acceptors (Lipinski definition) is 3. The number of carboxylic acids is 1. The van der Waals surface area contributed by atoms with Gasteiger partial charge in [0, 0.05) is 12.5 Å². The Bertz CT molecular complexity index is 719. The van der Waals surface area contributed by atoms with Crippen molar-refractivity contribution in [3.05, 3.63) is 47.7 Å². The van der Waals surface area contributed by atoms with Crippen molar-refractivity contribution in [1.82, 2.24) is 5.32 Å². The highest BCUT2D eigenvalue weighted by atomic mass is 16.4. The molecule has 0 bridgehead atoms. The van der Waals surface area contributed by atoms with E-state index in [0.29, 0.717) is 10.9 Å². The maximum atomic E-state index is 11.1. The molecular weight excluding hydrogens is 258 g/mol. The number of fused-ring (bicyclic) bond motifs is 1. The lowest BCUT2D eigenvalue weighted by Gasteiger charge is -2.08. The van der Waals surface area contributed by atoms with Crippen LogP contribution in [0, 0.1) is 0 Å². The van der Waals surface area contributed by atoms with E-state index in [0.717, 1.165) is 5.39 Å². The van der Waals surface area contributed by atoms with Crippen LogP contribution in [0.1, 0.15) is 12.5 Å². The van der Waals surface area contributed by atoms with Crippen molar-refractivity contribution < 1.29 is 19.8 Å². The fourth-order valence-electron chi connectivity index (χ4n) is 1.92. The molecular formula is C15H13NO4. The molecule has 0 atom stereocenters. The largest absolute Gasteiger partial charge is 0.507 e. The molecule has 20 heavy (non-hydrogen) atoms. The molecule has 2 aromatic carbocycles. The molecule has 2 aromatic rings. The Kier molecular flexibility index (Phi) is 3.70. The Morgan fingerprint density at radius 3 is 2.50 bits per heavy atom. The summed E-state index contributed by atoms with van der Waals surface area (Å²) in [5.41, 5.74) is 0.0680. The Balaban J connectivity index is 2.64. The van der Waals surface area contributed by atoms with Gasteiger partial charge in [0.2, 0.25) is 5.91 Å². The second kappa shape index (κ2) is 5.44. The minimum atomic E-state index is -1.27. The zero-order chi connectivity index (χ0) is 14.7. The summed E-state index contributed by atoms with van der Waals surface area (Å²) < 4.78 is 0. The standard InChI is InChI=1S/C15H13NO4/c1-9(17)16-13(15(19)20)8-12-11-5-3-2-4-10(11)6-7-14(12)18/h2-8,18H,1H3,(H,16,17)(H,19,20). The predicted octanol–water partition coefficient (Wildman–Crippen LogP) is 2.11. The topological polar surface area (TPSA) is 86.6 Å². The Labute approximate surface area is 115 Å². The number of nitrogens with one attached hydrogen (secondary N) is 1. The maximum absolute atomic E-state index is 11.1. The lowest BCUT2D eigenvalue weighted by atomic mass is 10.0. The lowest BCUT2D eigenvalue weighted by Crippen LogP contribution is -2.24. The first-order chi connectivity index (χ1) is 9.49. The van der Waals surface area contributed by atoms with Crippen molar-refractivity contribution in [2.45, 2.75) is 6.92 Å². The van der Waals surface area contributed by atoms with Gasteiger partial charge in [-0.2, -0.15) is 0 Å². The third-order valence-corrected chi connectivity index (χ3v) is 2.78. The number of aliphatic carboxylic acids is 1. The Morgan fingerprint density at radius 1 is 1.15 bits per heavy atom. The summed E-state index contributed by atoms with van der Waals surface area (Å²) in [7, 11) is 0. The number of amides is 1. The number of phenolic OH excluding ortho intramolecular Hbond substituents is 1. The van der Waals surface area contributed by atoms with Gasteiger partial charge in [0.25, 0.3) is 0 Å². The summed E-state index contributed by atoms with van der Waals surface area (Å²) in [5, 5.41) is 22.8. The van der Waals surface area contributed by atoms with Crippen molar-refractivity contribution >= 4 is 28.7 Å². The minimum Gasteiger partial charge on any atom is -0.507 e. The molecule has 0 aliphatic carbocycles. The molecule has 0 spiro atoms. The van der Waals surface area contributed by atoms with Gasteiger partial charge < -0.3 is 15.5 Å². The molecule has 102 valence electrons. The highest BCUT2D eigenvalue weighted by molar-refractivity contribution is 6.01. The molecule has 0 aromatic heterocycles. The number of phenols is 1. The normalized spacial score (nSPS) is 11.3. The average Bonchev–Trinajstić information content (AvgIpc) is 2.40. The van der Waals surface area contributed by atoms with Crippen molar-refractivity contribution in [2.24, 2.45) is 0 Å². The van der Waals surface area contributed by atoms with E-state index in [1.54, 1.807) is 18.2 Å². The summed E-state index contributed by atoms with van der Waals surface area (Å²) in [6, 6.07) is 10.5. The molecule has 3 N–H and O–H groups in total. The molecule has 0 aliphatic rings. The SMILES string of the molecule is CC(=O)NC(=Cc1c(O)ccc2ccccc12)C(=O)O. The van der Waals surface area contributed by atoms with Gasteiger partial charge in [0.1, 0.15) is 11.4 Å². The van der Waals surface area contributed by atoms with Gasteiger partial charge in [-0.3, -0.25) is 4.79 Å². The third-order valence-electron chi connectivity index (χ3n) is 2.78.